The van der Waals surface area contributed by atoms with Crippen LogP contribution in [0.5, 0.6) is 0 Å². The fraction of sp³-hybridized carbons (Fsp3) is 1.00. The van der Waals surface area contributed by atoms with Crippen LogP contribution in [0.25, 0.3) is 0 Å². The predicted octanol–water partition coefficient (Wildman–Crippen LogP) is 1.55. The highest BCUT2D eigenvalue weighted by Crippen LogP contribution is 2.17. The van der Waals surface area contributed by atoms with Crippen molar-refractivity contribution in [2.24, 2.45) is 0 Å². The maximum atomic E-state index is 12.2. The second-order valence-electron chi connectivity index (χ2n) is 5.34. The topological polar surface area (TPSA) is 18.5 Å². The molecule has 108 valence electrons. The third-order valence-corrected chi connectivity index (χ3v) is 3.25. The lowest BCUT2D eigenvalue weighted by molar-refractivity contribution is -0.149. The van der Waals surface area contributed by atoms with Crippen LogP contribution >= 0.6 is 0 Å². The Kier molecular flexibility index (Phi) is 5.88. The summed E-state index contributed by atoms with van der Waals surface area (Å²) in [6.45, 7) is 8.86. The number of rotatable bonds is 5. The third kappa shape index (κ3) is 6.02. The molecule has 0 bridgehead atoms. The van der Waals surface area contributed by atoms with Gasteiger partial charge in [-0.3, -0.25) is 9.80 Å². The number of piperazine rings is 1. The minimum absolute atomic E-state index is 0.375. The molecular formula is C12H24F3N3. The summed E-state index contributed by atoms with van der Waals surface area (Å²) in [5.41, 5.74) is 0. The first-order valence-corrected chi connectivity index (χ1v) is 6.54. The summed E-state index contributed by atoms with van der Waals surface area (Å²) in [4.78, 5) is 3.74. The van der Waals surface area contributed by atoms with Gasteiger partial charge >= 0.3 is 6.18 Å². The van der Waals surface area contributed by atoms with E-state index in [0.29, 0.717) is 25.2 Å². The van der Waals surface area contributed by atoms with Crippen molar-refractivity contribution in [2.75, 3.05) is 39.3 Å². The van der Waals surface area contributed by atoms with E-state index in [-0.39, 0.29) is 0 Å². The van der Waals surface area contributed by atoms with E-state index >= 15 is 0 Å². The lowest BCUT2D eigenvalue weighted by atomic mass is 10.2. The summed E-state index contributed by atoms with van der Waals surface area (Å²) < 4.78 is 36.7. The minimum atomic E-state index is -4.08. The quantitative estimate of drug-likeness (QED) is 0.815. The van der Waals surface area contributed by atoms with Gasteiger partial charge in [0.15, 0.2) is 0 Å². The smallest absolute Gasteiger partial charge is 0.313 e. The van der Waals surface area contributed by atoms with Gasteiger partial charge in [0.2, 0.25) is 0 Å². The molecular weight excluding hydrogens is 243 g/mol. The molecule has 1 fully saturated rings. The van der Waals surface area contributed by atoms with Crippen LogP contribution in [0.2, 0.25) is 0 Å². The van der Waals surface area contributed by atoms with Crippen molar-refractivity contribution in [1.29, 1.82) is 0 Å². The normalized spacial score (nSPS) is 21.5. The molecule has 1 aliphatic rings. The number of nitrogens with one attached hydrogen (secondary N) is 1. The van der Waals surface area contributed by atoms with Crippen LogP contribution in [0, 0.1) is 0 Å². The van der Waals surface area contributed by atoms with Crippen molar-refractivity contribution in [2.45, 2.75) is 39.0 Å². The average molecular weight is 267 g/mol. The maximum Gasteiger partial charge on any atom is 0.401 e. The standard InChI is InChI=1S/C12H24F3N3/c1-10(2)16-8-11(3)18-6-4-17(5-7-18)9-12(13,14)15/h10-11,16H,4-9H2,1-3H3. The predicted molar refractivity (Wildman–Crippen MR) is 66.7 cm³/mol. The Labute approximate surface area is 107 Å². The van der Waals surface area contributed by atoms with Gasteiger partial charge in [0, 0.05) is 44.8 Å². The van der Waals surface area contributed by atoms with E-state index in [1.54, 1.807) is 0 Å². The van der Waals surface area contributed by atoms with Gasteiger partial charge in [-0.05, 0) is 6.92 Å². The summed E-state index contributed by atoms with van der Waals surface area (Å²) >= 11 is 0. The van der Waals surface area contributed by atoms with E-state index < -0.39 is 12.7 Å². The highest BCUT2D eigenvalue weighted by molar-refractivity contribution is 4.78. The Hall–Kier alpha value is -0.330. The molecule has 0 aromatic carbocycles. The summed E-state index contributed by atoms with van der Waals surface area (Å²) in [6.07, 6.45) is -4.08. The minimum Gasteiger partial charge on any atom is -0.313 e. The van der Waals surface area contributed by atoms with Crippen molar-refractivity contribution in [3.8, 4) is 0 Å². The lowest BCUT2D eigenvalue weighted by Gasteiger charge is -2.38. The Bertz CT molecular complexity index is 235. The van der Waals surface area contributed by atoms with Crippen LogP contribution in [-0.4, -0.2) is 67.3 Å². The number of halogens is 3. The number of hydrogen-bond donors (Lipinski definition) is 1. The zero-order chi connectivity index (χ0) is 13.8. The second kappa shape index (κ2) is 6.73. The van der Waals surface area contributed by atoms with E-state index in [2.05, 4.69) is 31.0 Å². The number of hydrogen-bond acceptors (Lipinski definition) is 3. The Morgan fingerprint density at radius 1 is 1.06 bits per heavy atom. The highest BCUT2D eigenvalue weighted by Gasteiger charge is 2.32. The van der Waals surface area contributed by atoms with Gasteiger partial charge in [-0.1, -0.05) is 13.8 Å². The maximum absolute atomic E-state index is 12.2. The molecule has 0 aromatic rings. The van der Waals surface area contributed by atoms with Crippen LogP contribution in [0.4, 0.5) is 13.2 Å². The molecule has 18 heavy (non-hydrogen) atoms. The van der Waals surface area contributed by atoms with Crippen LogP contribution in [0.15, 0.2) is 0 Å². The molecule has 0 aromatic heterocycles. The van der Waals surface area contributed by atoms with Gasteiger partial charge in [0.25, 0.3) is 0 Å². The Balaban J connectivity index is 2.26. The fourth-order valence-corrected chi connectivity index (χ4v) is 2.15. The summed E-state index contributed by atoms with van der Waals surface area (Å²) in [7, 11) is 0. The van der Waals surface area contributed by atoms with E-state index in [4.69, 9.17) is 0 Å². The van der Waals surface area contributed by atoms with Crippen LogP contribution in [-0.2, 0) is 0 Å². The highest BCUT2D eigenvalue weighted by atomic mass is 19.4. The molecule has 1 atom stereocenters. The number of alkyl halides is 3. The molecule has 0 spiro atoms. The molecule has 0 amide bonds. The van der Waals surface area contributed by atoms with Gasteiger partial charge in [-0.2, -0.15) is 13.2 Å². The Morgan fingerprint density at radius 3 is 2.06 bits per heavy atom. The first kappa shape index (κ1) is 15.7. The van der Waals surface area contributed by atoms with Crippen molar-refractivity contribution in [3.05, 3.63) is 0 Å². The SMILES string of the molecule is CC(C)NCC(C)N1CCN(CC(F)(F)F)CC1. The Morgan fingerprint density at radius 2 is 1.61 bits per heavy atom. The van der Waals surface area contributed by atoms with E-state index in [1.165, 1.54) is 4.90 Å². The van der Waals surface area contributed by atoms with Crippen LogP contribution in [0.1, 0.15) is 20.8 Å². The molecule has 0 aliphatic carbocycles. The molecule has 1 aliphatic heterocycles. The van der Waals surface area contributed by atoms with Gasteiger partial charge in [-0.25, -0.2) is 0 Å². The van der Waals surface area contributed by atoms with Gasteiger partial charge in [0.1, 0.15) is 0 Å². The molecule has 1 unspecified atom stereocenters. The van der Waals surface area contributed by atoms with Crippen molar-refractivity contribution >= 4 is 0 Å². The molecule has 3 nitrogen and oxygen atoms in total. The molecule has 0 saturated carbocycles. The van der Waals surface area contributed by atoms with E-state index in [1.807, 2.05) is 0 Å². The van der Waals surface area contributed by atoms with Crippen molar-refractivity contribution < 1.29 is 13.2 Å². The van der Waals surface area contributed by atoms with Crippen molar-refractivity contribution in [1.82, 2.24) is 15.1 Å². The molecule has 1 rings (SSSR count). The van der Waals surface area contributed by atoms with E-state index in [9.17, 15) is 13.2 Å². The van der Waals surface area contributed by atoms with E-state index in [0.717, 1.165) is 19.6 Å². The molecule has 1 saturated heterocycles. The molecule has 1 N–H and O–H groups in total. The summed E-state index contributed by atoms with van der Waals surface area (Å²) in [5.74, 6) is 0. The summed E-state index contributed by atoms with van der Waals surface area (Å²) in [6, 6.07) is 0.819. The average Bonchev–Trinajstić information content (AvgIpc) is 2.24. The largest absolute Gasteiger partial charge is 0.401 e. The van der Waals surface area contributed by atoms with Gasteiger partial charge in [0.05, 0.1) is 6.54 Å². The lowest BCUT2D eigenvalue weighted by Crippen LogP contribution is -2.53. The monoisotopic (exact) mass is 267 g/mol. The number of nitrogens with zero attached hydrogens (tertiary/aromatic N) is 2. The zero-order valence-electron chi connectivity index (χ0n) is 11.4. The van der Waals surface area contributed by atoms with Gasteiger partial charge < -0.3 is 5.32 Å². The van der Waals surface area contributed by atoms with Crippen LogP contribution < -0.4 is 5.32 Å². The summed E-state index contributed by atoms with van der Waals surface area (Å²) in [5, 5.41) is 3.36. The second-order valence-corrected chi connectivity index (χ2v) is 5.34. The van der Waals surface area contributed by atoms with Crippen LogP contribution in [0.3, 0.4) is 0 Å². The van der Waals surface area contributed by atoms with Crippen molar-refractivity contribution in [3.63, 3.8) is 0 Å². The first-order valence-electron chi connectivity index (χ1n) is 6.54. The molecule has 6 heteroatoms. The first-order chi connectivity index (χ1) is 8.28. The fourth-order valence-electron chi connectivity index (χ4n) is 2.15. The molecule has 1 heterocycles. The molecule has 0 radical (unpaired) electrons. The third-order valence-electron chi connectivity index (χ3n) is 3.25. The van der Waals surface area contributed by atoms with Gasteiger partial charge in [-0.15, -0.1) is 0 Å². The zero-order valence-corrected chi connectivity index (χ0v) is 11.4.